The molecule has 3 heterocycles. The largest absolute Gasteiger partial charge is 0.479 e. The SMILES string of the molecule is Nc1nc(N)c2ncn([C@@H]3O[C@H](C(O)C(=O)O)[C@@H](O)[C@H]3O)c2n1. The van der Waals surface area contributed by atoms with Crippen molar-refractivity contribution in [1.82, 2.24) is 19.5 Å². The molecule has 1 aliphatic rings. The Bertz CT molecular complexity index is 765. The van der Waals surface area contributed by atoms with Crippen LogP contribution in [0.1, 0.15) is 6.23 Å². The first-order valence-electron chi connectivity index (χ1n) is 6.49. The second kappa shape index (κ2) is 5.27. The lowest BCUT2D eigenvalue weighted by molar-refractivity contribution is -0.160. The number of aromatic nitrogens is 4. The number of rotatable bonds is 3. The van der Waals surface area contributed by atoms with E-state index in [-0.39, 0.29) is 22.9 Å². The Morgan fingerprint density at radius 2 is 2.00 bits per heavy atom. The summed E-state index contributed by atoms with van der Waals surface area (Å²) in [7, 11) is 0. The number of nitrogen functional groups attached to an aromatic ring is 2. The van der Waals surface area contributed by atoms with E-state index in [0.717, 1.165) is 0 Å². The van der Waals surface area contributed by atoms with Gasteiger partial charge >= 0.3 is 5.97 Å². The van der Waals surface area contributed by atoms with Crippen LogP contribution in [0.15, 0.2) is 6.33 Å². The molecule has 1 fully saturated rings. The van der Waals surface area contributed by atoms with Gasteiger partial charge in [-0.1, -0.05) is 0 Å². The Kier molecular flexibility index (Phi) is 3.52. The fourth-order valence-electron chi connectivity index (χ4n) is 2.46. The van der Waals surface area contributed by atoms with E-state index >= 15 is 0 Å². The van der Waals surface area contributed by atoms with Crippen molar-refractivity contribution in [2.24, 2.45) is 0 Å². The van der Waals surface area contributed by atoms with Gasteiger partial charge in [-0.2, -0.15) is 9.97 Å². The predicted molar refractivity (Wildman–Crippen MR) is 73.7 cm³/mol. The van der Waals surface area contributed by atoms with Gasteiger partial charge in [0, 0.05) is 0 Å². The van der Waals surface area contributed by atoms with Gasteiger partial charge < -0.3 is 36.6 Å². The van der Waals surface area contributed by atoms with E-state index in [1.54, 1.807) is 0 Å². The number of nitrogens with zero attached hydrogens (tertiary/aromatic N) is 4. The first-order valence-corrected chi connectivity index (χ1v) is 6.49. The van der Waals surface area contributed by atoms with Crippen LogP contribution in [0.25, 0.3) is 11.2 Å². The molecule has 0 aromatic carbocycles. The summed E-state index contributed by atoms with van der Waals surface area (Å²) in [6.45, 7) is 0. The number of fused-ring (bicyclic) bond motifs is 1. The fraction of sp³-hybridized carbons (Fsp3) is 0.455. The Morgan fingerprint density at radius 3 is 2.65 bits per heavy atom. The van der Waals surface area contributed by atoms with Crippen molar-refractivity contribution in [3.63, 3.8) is 0 Å². The van der Waals surface area contributed by atoms with Gasteiger partial charge in [0.1, 0.15) is 23.8 Å². The zero-order valence-corrected chi connectivity index (χ0v) is 11.5. The van der Waals surface area contributed by atoms with Crippen LogP contribution in [0, 0.1) is 0 Å². The van der Waals surface area contributed by atoms with Crippen LogP contribution in [-0.4, -0.2) is 70.3 Å². The number of hydrogen-bond donors (Lipinski definition) is 6. The Hall–Kier alpha value is -2.54. The van der Waals surface area contributed by atoms with E-state index in [4.69, 9.17) is 21.3 Å². The summed E-state index contributed by atoms with van der Waals surface area (Å²) in [5.41, 5.74) is 11.5. The van der Waals surface area contributed by atoms with Crippen LogP contribution in [0.3, 0.4) is 0 Å². The number of carbonyl (C=O) groups is 1. The van der Waals surface area contributed by atoms with Crippen molar-refractivity contribution in [2.75, 3.05) is 11.5 Å². The minimum atomic E-state index is -2.01. The monoisotopic (exact) mass is 326 g/mol. The first kappa shape index (κ1) is 15.4. The minimum absolute atomic E-state index is 0.0152. The molecule has 1 saturated heterocycles. The molecule has 3 rings (SSSR count). The van der Waals surface area contributed by atoms with Crippen LogP contribution in [-0.2, 0) is 9.53 Å². The molecule has 12 heteroatoms. The van der Waals surface area contributed by atoms with Crippen LogP contribution < -0.4 is 11.5 Å². The summed E-state index contributed by atoms with van der Waals surface area (Å²) in [6, 6.07) is 0. The van der Waals surface area contributed by atoms with Gasteiger partial charge in [-0.15, -0.1) is 0 Å². The Labute approximate surface area is 128 Å². The molecule has 1 unspecified atom stereocenters. The van der Waals surface area contributed by atoms with Crippen molar-refractivity contribution in [2.45, 2.75) is 30.6 Å². The number of aliphatic hydroxyl groups excluding tert-OH is 3. The number of aliphatic hydroxyl groups is 3. The predicted octanol–water partition coefficient (Wildman–Crippen LogP) is -2.94. The number of carboxylic acids is 1. The fourth-order valence-corrected chi connectivity index (χ4v) is 2.46. The maximum absolute atomic E-state index is 10.8. The van der Waals surface area contributed by atoms with E-state index in [1.807, 2.05) is 0 Å². The number of ether oxygens (including phenoxy) is 1. The molecule has 1 aliphatic heterocycles. The minimum Gasteiger partial charge on any atom is -0.479 e. The smallest absolute Gasteiger partial charge is 0.335 e. The van der Waals surface area contributed by atoms with Crippen LogP contribution in [0.2, 0.25) is 0 Å². The average molecular weight is 326 g/mol. The molecule has 0 spiro atoms. The second-order valence-corrected chi connectivity index (χ2v) is 5.05. The molecular formula is C11H14N6O6. The molecule has 23 heavy (non-hydrogen) atoms. The summed E-state index contributed by atoms with van der Waals surface area (Å²) in [5.74, 6) is -1.71. The number of hydrogen-bond acceptors (Lipinski definition) is 10. The van der Waals surface area contributed by atoms with E-state index < -0.39 is 36.6 Å². The molecule has 5 atom stereocenters. The molecule has 0 amide bonds. The zero-order chi connectivity index (χ0) is 16.9. The molecule has 0 radical (unpaired) electrons. The normalized spacial score (nSPS) is 29.0. The number of nitrogens with two attached hydrogens (primary N) is 2. The van der Waals surface area contributed by atoms with Crippen molar-refractivity contribution < 1.29 is 30.0 Å². The number of carboxylic acid groups (broad SMARTS) is 1. The van der Waals surface area contributed by atoms with Crippen molar-refractivity contribution >= 4 is 28.9 Å². The lowest BCUT2D eigenvalue weighted by Gasteiger charge is -2.17. The van der Waals surface area contributed by atoms with Gasteiger partial charge in [-0.25, -0.2) is 9.78 Å². The Balaban J connectivity index is 2.01. The van der Waals surface area contributed by atoms with Gasteiger partial charge in [0.15, 0.2) is 23.8 Å². The van der Waals surface area contributed by atoms with Crippen molar-refractivity contribution in [1.29, 1.82) is 0 Å². The maximum Gasteiger partial charge on any atom is 0.335 e. The van der Waals surface area contributed by atoms with Gasteiger partial charge in [-0.3, -0.25) is 4.57 Å². The van der Waals surface area contributed by atoms with E-state index in [2.05, 4.69) is 15.0 Å². The van der Waals surface area contributed by atoms with E-state index in [0.29, 0.717) is 0 Å². The molecule has 0 saturated carbocycles. The summed E-state index contributed by atoms with van der Waals surface area (Å²) >= 11 is 0. The molecule has 0 bridgehead atoms. The van der Waals surface area contributed by atoms with Crippen molar-refractivity contribution in [3.05, 3.63) is 6.33 Å². The van der Waals surface area contributed by atoms with Crippen LogP contribution in [0.5, 0.6) is 0 Å². The lowest BCUT2D eigenvalue weighted by Crippen LogP contribution is -2.42. The number of aliphatic carboxylic acids is 1. The molecule has 12 nitrogen and oxygen atoms in total. The number of imidazole rings is 1. The highest BCUT2D eigenvalue weighted by molar-refractivity contribution is 5.82. The summed E-state index contributed by atoms with van der Waals surface area (Å²) in [4.78, 5) is 22.5. The van der Waals surface area contributed by atoms with Gasteiger partial charge in [-0.05, 0) is 0 Å². The van der Waals surface area contributed by atoms with E-state index in [1.165, 1.54) is 10.9 Å². The number of anilines is 2. The second-order valence-electron chi connectivity index (χ2n) is 5.05. The molecule has 2 aromatic heterocycles. The van der Waals surface area contributed by atoms with E-state index in [9.17, 15) is 20.1 Å². The van der Waals surface area contributed by atoms with Crippen LogP contribution >= 0.6 is 0 Å². The van der Waals surface area contributed by atoms with Gasteiger partial charge in [0.05, 0.1) is 6.33 Å². The third-order valence-electron chi connectivity index (χ3n) is 3.58. The zero-order valence-electron chi connectivity index (χ0n) is 11.5. The average Bonchev–Trinajstić information content (AvgIpc) is 3.01. The lowest BCUT2D eigenvalue weighted by atomic mass is 10.1. The van der Waals surface area contributed by atoms with Crippen molar-refractivity contribution in [3.8, 4) is 0 Å². The molecular weight excluding hydrogens is 312 g/mol. The standard InChI is InChI=1S/C11H14N6O6/c12-7-2-8(16-11(13)15-7)17(1-14-2)9-4(19)3(18)6(23-9)5(20)10(21)22/h1,3-6,9,18-20H,(H,21,22)(H4,12,13,15,16)/t3-,4+,5?,6-,9+/m0/s1. The van der Waals surface area contributed by atoms with Crippen LogP contribution in [0.4, 0.5) is 11.8 Å². The first-order chi connectivity index (χ1) is 10.8. The topological polar surface area (TPSA) is 203 Å². The third-order valence-corrected chi connectivity index (χ3v) is 3.58. The highest BCUT2D eigenvalue weighted by atomic mass is 16.6. The maximum atomic E-state index is 10.8. The Morgan fingerprint density at radius 1 is 1.30 bits per heavy atom. The summed E-state index contributed by atoms with van der Waals surface area (Å²) < 4.78 is 6.52. The van der Waals surface area contributed by atoms with Gasteiger partial charge in [0.2, 0.25) is 5.95 Å². The highest BCUT2D eigenvalue weighted by Gasteiger charge is 2.49. The summed E-state index contributed by atoms with van der Waals surface area (Å²) in [5, 5.41) is 38.4. The summed E-state index contributed by atoms with van der Waals surface area (Å²) in [6.07, 6.45) is -6.69. The third kappa shape index (κ3) is 2.33. The van der Waals surface area contributed by atoms with Gasteiger partial charge in [0.25, 0.3) is 0 Å². The highest BCUT2D eigenvalue weighted by Crippen LogP contribution is 2.33. The molecule has 0 aliphatic carbocycles. The quantitative estimate of drug-likeness (QED) is 0.336. The molecule has 2 aromatic rings. The molecule has 124 valence electrons. The molecule has 8 N–H and O–H groups in total.